The Morgan fingerprint density at radius 1 is 1.57 bits per heavy atom. The molecule has 0 aliphatic heterocycles. The first-order valence-electron chi connectivity index (χ1n) is 4.63. The van der Waals surface area contributed by atoms with E-state index in [0.29, 0.717) is 12.2 Å². The van der Waals surface area contributed by atoms with Gasteiger partial charge in [-0.1, -0.05) is 13.3 Å². The van der Waals surface area contributed by atoms with Crippen LogP contribution in [0.1, 0.15) is 30.3 Å². The van der Waals surface area contributed by atoms with Gasteiger partial charge in [-0.05, 0) is 34.5 Å². The van der Waals surface area contributed by atoms with E-state index in [1.807, 2.05) is 6.07 Å². The van der Waals surface area contributed by atoms with Crippen molar-refractivity contribution in [3.8, 4) is 0 Å². The second-order valence-corrected chi connectivity index (χ2v) is 3.89. The summed E-state index contributed by atoms with van der Waals surface area (Å²) in [6, 6.07) is 3.51. The van der Waals surface area contributed by atoms with Crippen LogP contribution in [0.5, 0.6) is 0 Å². The zero-order valence-corrected chi connectivity index (χ0v) is 9.67. The number of aromatic nitrogens is 1. The largest absolute Gasteiger partial charge is 0.351 e. The third-order valence-corrected chi connectivity index (χ3v) is 2.24. The van der Waals surface area contributed by atoms with Crippen LogP contribution < -0.4 is 5.32 Å². The van der Waals surface area contributed by atoms with Crippen molar-refractivity contribution >= 4 is 21.8 Å². The van der Waals surface area contributed by atoms with E-state index in [9.17, 15) is 4.79 Å². The smallest absolute Gasteiger partial charge is 0.269 e. The topological polar surface area (TPSA) is 42.0 Å². The van der Waals surface area contributed by atoms with Gasteiger partial charge in [-0.25, -0.2) is 4.98 Å². The van der Waals surface area contributed by atoms with Gasteiger partial charge in [0.2, 0.25) is 0 Å². The highest BCUT2D eigenvalue weighted by Gasteiger charge is 2.04. The molecule has 1 aromatic heterocycles. The number of rotatable bonds is 4. The third kappa shape index (κ3) is 3.46. The van der Waals surface area contributed by atoms with Crippen molar-refractivity contribution < 1.29 is 4.79 Å². The van der Waals surface area contributed by atoms with E-state index in [1.165, 1.54) is 0 Å². The maximum absolute atomic E-state index is 11.4. The van der Waals surface area contributed by atoms with Gasteiger partial charge in [-0.2, -0.15) is 0 Å². The van der Waals surface area contributed by atoms with Crippen LogP contribution >= 0.6 is 15.9 Å². The first-order chi connectivity index (χ1) is 6.74. The molecule has 0 aliphatic rings. The van der Waals surface area contributed by atoms with Crippen molar-refractivity contribution in [2.75, 3.05) is 6.54 Å². The van der Waals surface area contributed by atoms with Crippen molar-refractivity contribution in [1.82, 2.24) is 10.3 Å². The van der Waals surface area contributed by atoms with Crippen molar-refractivity contribution in [1.29, 1.82) is 0 Å². The summed E-state index contributed by atoms with van der Waals surface area (Å²) in [6.07, 6.45) is 3.70. The Kier molecular flexibility index (Phi) is 4.59. The van der Waals surface area contributed by atoms with Crippen molar-refractivity contribution in [2.24, 2.45) is 0 Å². The van der Waals surface area contributed by atoms with Crippen molar-refractivity contribution in [3.05, 3.63) is 28.5 Å². The Morgan fingerprint density at radius 2 is 2.36 bits per heavy atom. The predicted octanol–water partition coefficient (Wildman–Crippen LogP) is 2.37. The highest BCUT2D eigenvalue weighted by atomic mass is 79.9. The summed E-state index contributed by atoms with van der Waals surface area (Å²) in [4.78, 5) is 15.4. The molecule has 3 nitrogen and oxygen atoms in total. The minimum absolute atomic E-state index is 0.106. The molecule has 1 N–H and O–H groups in total. The highest BCUT2D eigenvalue weighted by molar-refractivity contribution is 9.10. The van der Waals surface area contributed by atoms with E-state index in [2.05, 4.69) is 33.2 Å². The van der Waals surface area contributed by atoms with Crippen molar-refractivity contribution in [2.45, 2.75) is 19.8 Å². The molecule has 0 atom stereocenters. The van der Waals surface area contributed by atoms with Gasteiger partial charge in [0.15, 0.2) is 0 Å². The molecule has 0 aliphatic carbocycles. The van der Waals surface area contributed by atoms with Gasteiger partial charge in [0.05, 0.1) is 0 Å². The number of hydrogen-bond acceptors (Lipinski definition) is 2. The van der Waals surface area contributed by atoms with E-state index in [4.69, 9.17) is 0 Å². The number of pyridine rings is 1. The average molecular weight is 257 g/mol. The molecular formula is C10H13BrN2O. The summed E-state index contributed by atoms with van der Waals surface area (Å²) in [7, 11) is 0. The summed E-state index contributed by atoms with van der Waals surface area (Å²) in [6.45, 7) is 2.80. The maximum Gasteiger partial charge on any atom is 0.269 e. The minimum atomic E-state index is -0.106. The quantitative estimate of drug-likeness (QED) is 0.841. The molecule has 0 unspecified atom stereocenters. The summed E-state index contributed by atoms with van der Waals surface area (Å²) in [5.41, 5.74) is 0.462. The number of amides is 1. The zero-order valence-electron chi connectivity index (χ0n) is 8.09. The zero-order chi connectivity index (χ0) is 10.4. The lowest BCUT2D eigenvalue weighted by molar-refractivity contribution is 0.0948. The Balaban J connectivity index is 2.48. The van der Waals surface area contributed by atoms with E-state index >= 15 is 0 Å². The van der Waals surface area contributed by atoms with Crippen LogP contribution in [0.2, 0.25) is 0 Å². The molecule has 0 saturated carbocycles. The number of carbonyl (C=O) groups is 1. The molecule has 0 spiro atoms. The summed E-state index contributed by atoms with van der Waals surface area (Å²) < 4.78 is 0.877. The van der Waals surface area contributed by atoms with Crippen LogP contribution in [-0.4, -0.2) is 17.4 Å². The van der Waals surface area contributed by atoms with Gasteiger partial charge < -0.3 is 5.32 Å². The van der Waals surface area contributed by atoms with Crippen LogP contribution in [0.25, 0.3) is 0 Å². The first kappa shape index (κ1) is 11.2. The van der Waals surface area contributed by atoms with E-state index in [1.54, 1.807) is 12.3 Å². The Labute approximate surface area is 92.1 Å². The molecule has 1 aromatic rings. The van der Waals surface area contributed by atoms with Crippen LogP contribution in [0.4, 0.5) is 0 Å². The normalized spacial score (nSPS) is 9.86. The van der Waals surface area contributed by atoms with Gasteiger partial charge in [0.25, 0.3) is 5.91 Å². The fraction of sp³-hybridized carbons (Fsp3) is 0.400. The summed E-state index contributed by atoms with van der Waals surface area (Å²) >= 11 is 3.26. The SMILES string of the molecule is CCCCNC(=O)c1ccc(Br)cn1. The van der Waals surface area contributed by atoms with E-state index < -0.39 is 0 Å². The lowest BCUT2D eigenvalue weighted by Gasteiger charge is -2.02. The summed E-state index contributed by atoms with van der Waals surface area (Å²) in [5, 5.41) is 2.80. The average Bonchev–Trinajstić information content (AvgIpc) is 2.19. The van der Waals surface area contributed by atoms with Gasteiger partial charge >= 0.3 is 0 Å². The molecule has 0 bridgehead atoms. The number of halogens is 1. The second-order valence-electron chi connectivity index (χ2n) is 2.97. The van der Waals surface area contributed by atoms with E-state index in [-0.39, 0.29) is 5.91 Å². The number of nitrogens with one attached hydrogen (secondary N) is 1. The minimum Gasteiger partial charge on any atom is -0.351 e. The Bertz CT molecular complexity index is 297. The molecule has 76 valence electrons. The van der Waals surface area contributed by atoms with Gasteiger partial charge in [0.1, 0.15) is 5.69 Å². The molecule has 1 amide bonds. The van der Waals surface area contributed by atoms with Crippen molar-refractivity contribution in [3.63, 3.8) is 0 Å². The highest BCUT2D eigenvalue weighted by Crippen LogP contribution is 2.07. The van der Waals surface area contributed by atoms with Gasteiger partial charge in [-0.3, -0.25) is 4.79 Å². The number of hydrogen-bond donors (Lipinski definition) is 1. The van der Waals surface area contributed by atoms with Crippen LogP contribution in [0, 0.1) is 0 Å². The second kappa shape index (κ2) is 5.75. The molecule has 0 aromatic carbocycles. The fourth-order valence-corrected chi connectivity index (χ4v) is 1.21. The molecule has 4 heteroatoms. The van der Waals surface area contributed by atoms with Gasteiger partial charge in [-0.15, -0.1) is 0 Å². The summed E-state index contributed by atoms with van der Waals surface area (Å²) in [5.74, 6) is -0.106. The van der Waals surface area contributed by atoms with Gasteiger partial charge in [0, 0.05) is 17.2 Å². The number of nitrogens with zero attached hydrogens (tertiary/aromatic N) is 1. The van der Waals surface area contributed by atoms with E-state index in [0.717, 1.165) is 17.3 Å². The Morgan fingerprint density at radius 3 is 2.93 bits per heavy atom. The molecule has 1 rings (SSSR count). The number of unbranched alkanes of at least 4 members (excludes halogenated alkanes) is 1. The number of carbonyl (C=O) groups excluding carboxylic acids is 1. The molecule has 1 heterocycles. The monoisotopic (exact) mass is 256 g/mol. The lowest BCUT2D eigenvalue weighted by Crippen LogP contribution is -2.25. The standard InChI is InChI=1S/C10H13BrN2O/c1-2-3-6-12-10(14)9-5-4-8(11)7-13-9/h4-5,7H,2-3,6H2,1H3,(H,12,14). The molecule has 14 heavy (non-hydrogen) atoms. The van der Waals surface area contributed by atoms with Crippen LogP contribution in [-0.2, 0) is 0 Å². The first-order valence-corrected chi connectivity index (χ1v) is 5.43. The molecule has 0 radical (unpaired) electrons. The molecule has 0 saturated heterocycles. The third-order valence-electron chi connectivity index (χ3n) is 1.78. The van der Waals surface area contributed by atoms with Crippen LogP contribution in [0.15, 0.2) is 22.8 Å². The fourth-order valence-electron chi connectivity index (χ4n) is 0.979. The van der Waals surface area contributed by atoms with Crippen LogP contribution in [0.3, 0.4) is 0 Å². The molecular weight excluding hydrogens is 244 g/mol. The maximum atomic E-state index is 11.4. The molecule has 0 fully saturated rings. The lowest BCUT2D eigenvalue weighted by atomic mass is 10.3. The Hall–Kier alpha value is -0.900. The predicted molar refractivity (Wildman–Crippen MR) is 59.2 cm³/mol.